The molecular weight excluding hydrogens is 257 g/mol. The summed E-state index contributed by atoms with van der Waals surface area (Å²) in [5, 5.41) is 19.2. The highest BCUT2D eigenvalue weighted by molar-refractivity contribution is 6.31. The number of pyridine rings is 1. The SMILES string of the molecule is CC(O)c1ccc(O)c(-c2ccc(F)c(Cl)c2)n1. The van der Waals surface area contributed by atoms with E-state index < -0.39 is 11.9 Å². The fraction of sp³-hybridized carbons (Fsp3) is 0.154. The van der Waals surface area contributed by atoms with Crippen molar-refractivity contribution in [3.63, 3.8) is 0 Å². The molecule has 0 aliphatic carbocycles. The number of hydrogen-bond donors (Lipinski definition) is 2. The molecule has 1 aromatic carbocycles. The van der Waals surface area contributed by atoms with Gasteiger partial charge in [0.15, 0.2) is 0 Å². The number of halogens is 2. The van der Waals surface area contributed by atoms with Gasteiger partial charge in [0.2, 0.25) is 0 Å². The van der Waals surface area contributed by atoms with Crippen LogP contribution >= 0.6 is 11.6 Å². The first-order chi connectivity index (χ1) is 8.49. The van der Waals surface area contributed by atoms with Crippen LogP contribution in [0.3, 0.4) is 0 Å². The Morgan fingerprint density at radius 3 is 2.61 bits per heavy atom. The Kier molecular flexibility index (Phi) is 3.50. The average molecular weight is 268 g/mol. The van der Waals surface area contributed by atoms with Crippen molar-refractivity contribution in [2.75, 3.05) is 0 Å². The monoisotopic (exact) mass is 267 g/mol. The molecule has 0 fully saturated rings. The molecule has 1 aromatic heterocycles. The van der Waals surface area contributed by atoms with Gasteiger partial charge in [0.25, 0.3) is 0 Å². The summed E-state index contributed by atoms with van der Waals surface area (Å²) in [5.74, 6) is -0.589. The number of hydrogen-bond acceptors (Lipinski definition) is 3. The lowest BCUT2D eigenvalue weighted by atomic mass is 10.1. The van der Waals surface area contributed by atoms with Crippen molar-refractivity contribution in [1.82, 2.24) is 4.98 Å². The fourth-order valence-corrected chi connectivity index (χ4v) is 1.74. The van der Waals surface area contributed by atoms with Crippen LogP contribution in [0.4, 0.5) is 4.39 Å². The van der Waals surface area contributed by atoms with Crippen LogP contribution in [0.5, 0.6) is 5.75 Å². The van der Waals surface area contributed by atoms with Gasteiger partial charge in [-0.3, -0.25) is 0 Å². The number of aromatic hydroxyl groups is 1. The van der Waals surface area contributed by atoms with E-state index in [0.29, 0.717) is 11.3 Å². The molecule has 0 saturated carbocycles. The van der Waals surface area contributed by atoms with Gasteiger partial charge in [-0.1, -0.05) is 11.6 Å². The normalized spacial score (nSPS) is 12.4. The molecular formula is C13H11ClFNO2. The summed E-state index contributed by atoms with van der Waals surface area (Å²) >= 11 is 5.68. The van der Waals surface area contributed by atoms with Crippen LogP contribution in [0.1, 0.15) is 18.7 Å². The van der Waals surface area contributed by atoms with Crippen LogP contribution in [-0.4, -0.2) is 15.2 Å². The summed E-state index contributed by atoms with van der Waals surface area (Å²) in [6, 6.07) is 7.00. The molecule has 0 saturated heterocycles. The van der Waals surface area contributed by atoms with Crippen LogP contribution in [0.15, 0.2) is 30.3 Å². The Morgan fingerprint density at radius 1 is 1.28 bits per heavy atom. The van der Waals surface area contributed by atoms with E-state index in [1.54, 1.807) is 6.92 Å². The zero-order chi connectivity index (χ0) is 13.3. The first-order valence-electron chi connectivity index (χ1n) is 5.32. The van der Waals surface area contributed by atoms with Crippen LogP contribution < -0.4 is 0 Å². The van der Waals surface area contributed by atoms with Crippen LogP contribution in [-0.2, 0) is 0 Å². The zero-order valence-corrected chi connectivity index (χ0v) is 10.3. The van der Waals surface area contributed by atoms with Crippen molar-refractivity contribution in [1.29, 1.82) is 0 Å². The number of rotatable bonds is 2. The Labute approximate surface area is 108 Å². The maximum atomic E-state index is 13.1. The summed E-state index contributed by atoms with van der Waals surface area (Å²) < 4.78 is 13.1. The molecule has 5 heteroatoms. The lowest BCUT2D eigenvalue weighted by Gasteiger charge is -2.09. The molecule has 2 N–H and O–H groups in total. The number of aliphatic hydroxyl groups is 1. The lowest BCUT2D eigenvalue weighted by molar-refractivity contribution is 0.194. The molecule has 94 valence electrons. The number of benzene rings is 1. The van der Waals surface area contributed by atoms with E-state index >= 15 is 0 Å². The highest BCUT2D eigenvalue weighted by Crippen LogP contribution is 2.30. The maximum Gasteiger partial charge on any atom is 0.141 e. The van der Waals surface area contributed by atoms with E-state index in [1.165, 1.54) is 30.3 Å². The van der Waals surface area contributed by atoms with Crippen molar-refractivity contribution < 1.29 is 14.6 Å². The van der Waals surface area contributed by atoms with Crippen molar-refractivity contribution in [3.05, 3.63) is 46.9 Å². The Morgan fingerprint density at radius 2 is 2.00 bits per heavy atom. The molecule has 3 nitrogen and oxygen atoms in total. The molecule has 18 heavy (non-hydrogen) atoms. The molecule has 0 spiro atoms. The molecule has 2 rings (SSSR count). The second kappa shape index (κ2) is 4.92. The van der Waals surface area contributed by atoms with Gasteiger partial charge in [-0.05, 0) is 37.3 Å². The van der Waals surface area contributed by atoms with Gasteiger partial charge >= 0.3 is 0 Å². The van der Waals surface area contributed by atoms with Gasteiger partial charge in [0.05, 0.1) is 16.8 Å². The quantitative estimate of drug-likeness (QED) is 0.878. The molecule has 1 atom stereocenters. The minimum atomic E-state index is -0.750. The Hall–Kier alpha value is -1.65. The second-order valence-corrected chi connectivity index (χ2v) is 4.32. The fourth-order valence-electron chi connectivity index (χ4n) is 1.56. The number of aliphatic hydroxyl groups excluding tert-OH is 1. The minimum Gasteiger partial charge on any atom is -0.506 e. The second-order valence-electron chi connectivity index (χ2n) is 3.91. The topological polar surface area (TPSA) is 53.4 Å². The summed E-state index contributed by atoms with van der Waals surface area (Å²) in [5.41, 5.74) is 1.17. The predicted octanol–water partition coefficient (Wildman–Crippen LogP) is 3.30. The van der Waals surface area contributed by atoms with Gasteiger partial charge in [0, 0.05) is 5.56 Å². The van der Waals surface area contributed by atoms with E-state index in [2.05, 4.69) is 4.98 Å². The number of nitrogens with zero attached hydrogens (tertiary/aromatic N) is 1. The van der Waals surface area contributed by atoms with E-state index in [0.717, 1.165) is 0 Å². The van der Waals surface area contributed by atoms with Crippen LogP contribution in [0, 0.1) is 5.82 Å². The first-order valence-corrected chi connectivity index (χ1v) is 5.70. The Balaban J connectivity index is 2.55. The highest BCUT2D eigenvalue weighted by Gasteiger charge is 2.11. The molecule has 1 unspecified atom stereocenters. The van der Waals surface area contributed by atoms with E-state index in [4.69, 9.17) is 11.6 Å². The van der Waals surface area contributed by atoms with E-state index in [-0.39, 0.29) is 16.5 Å². The van der Waals surface area contributed by atoms with Gasteiger partial charge in [-0.25, -0.2) is 9.37 Å². The third kappa shape index (κ3) is 2.44. The molecule has 0 aliphatic rings. The molecule has 0 bridgehead atoms. The summed E-state index contributed by atoms with van der Waals surface area (Å²) in [6.07, 6.45) is -0.750. The molecule has 1 heterocycles. The summed E-state index contributed by atoms with van der Waals surface area (Å²) in [4.78, 5) is 4.13. The standard InChI is InChI=1S/C13H11ClFNO2/c1-7(17)11-4-5-12(18)13(16-11)8-2-3-10(15)9(14)6-8/h2-7,17-18H,1H3. The summed E-state index contributed by atoms with van der Waals surface area (Å²) in [7, 11) is 0. The zero-order valence-electron chi connectivity index (χ0n) is 9.56. The van der Waals surface area contributed by atoms with Gasteiger partial charge < -0.3 is 10.2 Å². The molecule has 2 aromatic rings. The minimum absolute atomic E-state index is 0.0452. The third-order valence-electron chi connectivity index (χ3n) is 2.52. The molecule has 0 amide bonds. The molecule has 0 radical (unpaired) electrons. The van der Waals surface area contributed by atoms with Crippen LogP contribution in [0.25, 0.3) is 11.3 Å². The predicted molar refractivity (Wildman–Crippen MR) is 66.9 cm³/mol. The van der Waals surface area contributed by atoms with E-state index in [1.807, 2.05) is 0 Å². The number of aromatic nitrogens is 1. The van der Waals surface area contributed by atoms with Crippen molar-refractivity contribution >= 4 is 11.6 Å². The van der Waals surface area contributed by atoms with Crippen molar-refractivity contribution in [2.45, 2.75) is 13.0 Å². The Bertz CT molecular complexity index is 587. The van der Waals surface area contributed by atoms with Crippen molar-refractivity contribution in [3.8, 4) is 17.0 Å². The largest absolute Gasteiger partial charge is 0.506 e. The molecule has 0 aliphatic heterocycles. The smallest absolute Gasteiger partial charge is 0.141 e. The highest BCUT2D eigenvalue weighted by atomic mass is 35.5. The van der Waals surface area contributed by atoms with Gasteiger partial charge in [-0.2, -0.15) is 0 Å². The van der Waals surface area contributed by atoms with E-state index in [9.17, 15) is 14.6 Å². The summed E-state index contributed by atoms with van der Waals surface area (Å²) in [6.45, 7) is 1.57. The third-order valence-corrected chi connectivity index (χ3v) is 2.81. The van der Waals surface area contributed by atoms with Gasteiger partial charge in [0.1, 0.15) is 17.3 Å². The maximum absolute atomic E-state index is 13.1. The van der Waals surface area contributed by atoms with Crippen LogP contribution in [0.2, 0.25) is 5.02 Å². The lowest BCUT2D eigenvalue weighted by Crippen LogP contribution is -1.97. The first kappa shape index (κ1) is 12.8. The van der Waals surface area contributed by atoms with Crippen molar-refractivity contribution in [2.24, 2.45) is 0 Å². The van der Waals surface area contributed by atoms with Gasteiger partial charge in [-0.15, -0.1) is 0 Å². The average Bonchev–Trinajstić information content (AvgIpc) is 2.33.